The molecule has 3 atom stereocenters. The summed E-state index contributed by atoms with van der Waals surface area (Å²) in [6.45, 7) is 4.78. The Balaban J connectivity index is 2.36. The van der Waals surface area contributed by atoms with Crippen LogP contribution >= 0.6 is 0 Å². The van der Waals surface area contributed by atoms with Gasteiger partial charge in [0.1, 0.15) is 0 Å². The minimum Gasteiger partial charge on any atom is -0.0846 e. The van der Waals surface area contributed by atoms with Crippen LogP contribution in [0.2, 0.25) is 0 Å². The molecule has 0 amide bonds. The Morgan fingerprint density at radius 2 is 2.33 bits per heavy atom. The zero-order valence-corrected chi connectivity index (χ0v) is 6.22. The molecule has 2 aliphatic carbocycles. The average molecular weight is 122 g/mol. The first kappa shape index (κ1) is 5.52. The number of allylic oxidation sites excluding steroid dienone is 2. The van der Waals surface area contributed by atoms with E-state index in [-0.39, 0.29) is 0 Å². The zero-order valence-electron chi connectivity index (χ0n) is 6.22. The van der Waals surface area contributed by atoms with Gasteiger partial charge in [-0.2, -0.15) is 0 Å². The molecule has 3 unspecified atom stereocenters. The van der Waals surface area contributed by atoms with Gasteiger partial charge in [0.05, 0.1) is 0 Å². The van der Waals surface area contributed by atoms with Crippen LogP contribution in [-0.4, -0.2) is 0 Å². The van der Waals surface area contributed by atoms with E-state index >= 15 is 0 Å². The molecule has 0 radical (unpaired) electrons. The summed E-state index contributed by atoms with van der Waals surface area (Å²) in [4.78, 5) is 0. The Kier molecular flexibility index (Phi) is 0.870. The van der Waals surface area contributed by atoms with Crippen LogP contribution in [0.1, 0.15) is 26.7 Å². The van der Waals surface area contributed by atoms with Gasteiger partial charge in [0.2, 0.25) is 0 Å². The molecule has 0 aromatic carbocycles. The van der Waals surface area contributed by atoms with Crippen molar-refractivity contribution in [1.82, 2.24) is 0 Å². The van der Waals surface area contributed by atoms with Crippen molar-refractivity contribution in [3.05, 3.63) is 12.2 Å². The van der Waals surface area contributed by atoms with Crippen molar-refractivity contribution < 1.29 is 0 Å². The van der Waals surface area contributed by atoms with Crippen LogP contribution in [-0.2, 0) is 0 Å². The molecule has 2 bridgehead atoms. The van der Waals surface area contributed by atoms with Crippen molar-refractivity contribution in [2.45, 2.75) is 26.7 Å². The van der Waals surface area contributed by atoms with E-state index in [1.807, 2.05) is 0 Å². The van der Waals surface area contributed by atoms with Gasteiger partial charge in [0.25, 0.3) is 0 Å². The molecule has 1 fully saturated rings. The average Bonchev–Trinajstić information content (AvgIpc) is 2.24. The van der Waals surface area contributed by atoms with Gasteiger partial charge in [0.15, 0.2) is 0 Å². The van der Waals surface area contributed by atoms with E-state index in [4.69, 9.17) is 0 Å². The molecule has 0 spiro atoms. The fourth-order valence-electron chi connectivity index (χ4n) is 2.29. The molecule has 0 aromatic heterocycles. The molecule has 1 saturated carbocycles. The largest absolute Gasteiger partial charge is 0.0846 e. The maximum Gasteiger partial charge on any atom is -0.0115 e. The Hall–Kier alpha value is -0.260. The summed E-state index contributed by atoms with van der Waals surface area (Å²) >= 11 is 0. The third-order valence-electron chi connectivity index (χ3n) is 3.42. The number of fused-ring (bicyclic) bond motifs is 2. The molecule has 2 aliphatic rings. The minimum atomic E-state index is 0.588. The third kappa shape index (κ3) is 0.540. The SMILES string of the molecule is CC1C2C=CC1(C)CC2. The molecule has 0 saturated heterocycles. The molecule has 0 heterocycles. The summed E-state index contributed by atoms with van der Waals surface area (Å²) in [6.07, 6.45) is 7.70. The lowest BCUT2D eigenvalue weighted by molar-refractivity contribution is 0.330. The number of hydrogen-bond donors (Lipinski definition) is 0. The van der Waals surface area contributed by atoms with E-state index in [1.165, 1.54) is 12.8 Å². The summed E-state index contributed by atoms with van der Waals surface area (Å²) in [5.41, 5.74) is 0.588. The second-order valence-corrected chi connectivity index (χ2v) is 3.86. The lowest BCUT2D eigenvalue weighted by atomic mass is 9.83. The summed E-state index contributed by atoms with van der Waals surface area (Å²) in [5, 5.41) is 0. The van der Waals surface area contributed by atoms with Crippen molar-refractivity contribution in [2.24, 2.45) is 17.3 Å². The summed E-state index contributed by atoms with van der Waals surface area (Å²) < 4.78 is 0. The van der Waals surface area contributed by atoms with Crippen molar-refractivity contribution in [3.8, 4) is 0 Å². The summed E-state index contributed by atoms with van der Waals surface area (Å²) in [6, 6.07) is 0. The molecular formula is C9H14. The van der Waals surface area contributed by atoms with Gasteiger partial charge in [-0.3, -0.25) is 0 Å². The van der Waals surface area contributed by atoms with Crippen LogP contribution in [0.5, 0.6) is 0 Å². The molecule has 0 aromatic rings. The summed E-state index contributed by atoms with van der Waals surface area (Å²) in [5.74, 6) is 1.85. The first-order chi connectivity index (χ1) is 4.22. The van der Waals surface area contributed by atoms with Gasteiger partial charge in [0, 0.05) is 0 Å². The molecular weight excluding hydrogens is 108 g/mol. The molecule has 50 valence electrons. The number of rotatable bonds is 0. The maximum atomic E-state index is 2.42. The topological polar surface area (TPSA) is 0 Å². The van der Waals surface area contributed by atoms with Crippen molar-refractivity contribution >= 4 is 0 Å². The van der Waals surface area contributed by atoms with Crippen LogP contribution < -0.4 is 0 Å². The van der Waals surface area contributed by atoms with Crippen molar-refractivity contribution in [3.63, 3.8) is 0 Å². The highest BCUT2D eigenvalue weighted by Crippen LogP contribution is 2.52. The molecule has 2 rings (SSSR count). The van der Waals surface area contributed by atoms with Gasteiger partial charge in [-0.05, 0) is 30.1 Å². The van der Waals surface area contributed by atoms with Crippen LogP contribution in [0.4, 0.5) is 0 Å². The second-order valence-electron chi connectivity index (χ2n) is 3.86. The third-order valence-corrected chi connectivity index (χ3v) is 3.42. The highest BCUT2D eigenvalue weighted by Gasteiger charge is 2.43. The van der Waals surface area contributed by atoms with Crippen LogP contribution in [0.3, 0.4) is 0 Å². The summed E-state index contributed by atoms with van der Waals surface area (Å²) in [7, 11) is 0. The van der Waals surface area contributed by atoms with Gasteiger partial charge >= 0.3 is 0 Å². The predicted octanol–water partition coefficient (Wildman–Crippen LogP) is 2.61. The van der Waals surface area contributed by atoms with Gasteiger partial charge in [-0.15, -0.1) is 0 Å². The molecule has 0 heteroatoms. The Morgan fingerprint density at radius 1 is 1.56 bits per heavy atom. The maximum absolute atomic E-state index is 2.42. The Bertz CT molecular complexity index is 157. The van der Waals surface area contributed by atoms with Gasteiger partial charge in [-0.1, -0.05) is 26.0 Å². The van der Waals surface area contributed by atoms with E-state index in [1.54, 1.807) is 0 Å². The lowest BCUT2D eigenvalue weighted by Crippen LogP contribution is -2.13. The predicted molar refractivity (Wildman–Crippen MR) is 39.1 cm³/mol. The van der Waals surface area contributed by atoms with E-state index in [9.17, 15) is 0 Å². The smallest absolute Gasteiger partial charge is 0.0115 e. The zero-order chi connectivity index (χ0) is 6.48. The van der Waals surface area contributed by atoms with Gasteiger partial charge in [-0.25, -0.2) is 0 Å². The minimum absolute atomic E-state index is 0.588. The first-order valence-corrected chi connectivity index (χ1v) is 3.92. The normalized spacial score (nSPS) is 54.9. The molecule has 0 nitrogen and oxygen atoms in total. The van der Waals surface area contributed by atoms with Crippen LogP contribution in [0.15, 0.2) is 12.2 Å². The van der Waals surface area contributed by atoms with E-state index in [2.05, 4.69) is 26.0 Å². The Labute approximate surface area is 57.0 Å². The fraction of sp³-hybridized carbons (Fsp3) is 0.778. The van der Waals surface area contributed by atoms with Gasteiger partial charge < -0.3 is 0 Å². The first-order valence-electron chi connectivity index (χ1n) is 3.92. The number of hydrogen-bond acceptors (Lipinski definition) is 0. The molecule has 9 heavy (non-hydrogen) atoms. The molecule has 0 N–H and O–H groups in total. The highest BCUT2D eigenvalue weighted by atomic mass is 14.5. The Morgan fingerprint density at radius 3 is 2.44 bits per heavy atom. The highest BCUT2D eigenvalue weighted by molar-refractivity contribution is 5.16. The fourth-order valence-corrected chi connectivity index (χ4v) is 2.29. The van der Waals surface area contributed by atoms with E-state index in [0.29, 0.717) is 5.41 Å². The van der Waals surface area contributed by atoms with Crippen LogP contribution in [0.25, 0.3) is 0 Å². The van der Waals surface area contributed by atoms with Crippen molar-refractivity contribution in [2.75, 3.05) is 0 Å². The lowest BCUT2D eigenvalue weighted by Gasteiger charge is -2.21. The second kappa shape index (κ2) is 1.42. The van der Waals surface area contributed by atoms with Crippen molar-refractivity contribution in [1.29, 1.82) is 0 Å². The standard InChI is InChI=1S/C9H14/c1-7-8-3-5-9(7,2)6-4-8/h3,5,7-8H,4,6H2,1-2H3. The quantitative estimate of drug-likeness (QED) is 0.433. The van der Waals surface area contributed by atoms with E-state index < -0.39 is 0 Å². The van der Waals surface area contributed by atoms with Crippen LogP contribution in [0, 0.1) is 17.3 Å². The monoisotopic (exact) mass is 122 g/mol. The molecule has 0 aliphatic heterocycles. The van der Waals surface area contributed by atoms with E-state index in [0.717, 1.165) is 11.8 Å².